The molecule has 132 valence electrons. The van der Waals surface area contributed by atoms with Gasteiger partial charge in [-0.05, 0) is 30.0 Å². The lowest BCUT2D eigenvalue weighted by Crippen LogP contribution is -2.29. The number of hydrogen-bond acceptors (Lipinski definition) is 5. The first kappa shape index (κ1) is 16.7. The van der Waals surface area contributed by atoms with Crippen molar-refractivity contribution in [3.8, 4) is 0 Å². The Hall–Kier alpha value is -1.76. The highest BCUT2D eigenvalue weighted by Gasteiger charge is 2.42. The standard InChI is InChI=1S/C19H23N3O2S/c23-19(21-10-17-5-3-7-25-17)9-16-8-14-11-22(13-18(14)24-16)12-15-4-1-2-6-20-15/h1-7,14,16,18H,8-13H2,(H,21,23)/t14-,16-,18+/m0/s1. The summed E-state index contributed by atoms with van der Waals surface area (Å²) in [4.78, 5) is 20.1. The zero-order chi connectivity index (χ0) is 17.1. The molecule has 0 spiro atoms. The molecular formula is C19H23N3O2S. The number of aromatic nitrogens is 1. The van der Waals surface area contributed by atoms with Gasteiger partial charge in [0, 0.05) is 36.6 Å². The van der Waals surface area contributed by atoms with Gasteiger partial charge in [-0.1, -0.05) is 12.1 Å². The van der Waals surface area contributed by atoms with E-state index in [0.717, 1.165) is 31.7 Å². The maximum Gasteiger partial charge on any atom is 0.222 e. The van der Waals surface area contributed by atoms with Crippen LogP contribution in [0, 0.1) is 5.92 Å². The number of ether oxygens (including phenoxy) is 1. The van der Waals surface area contributed by atoms with Gasteiger partial charge in [0.1, 0.15) is 0 Å². The Morgan fingerprint density at radius 1 is 1.32 bits per heavy atom. The molecule has 2 aromatic rings. The second kappa shape index (κ2) is 7.64. The van der Waals surface area contributed by atoms with Gasteiger partial charge in [0.2, 0.25) is 5.91 Å². The zero-order valence-electron chi connectivity index (χ0n) is 14.1. The summed E-state index contributed by atoms with van der Waals surface area (Å²) in [6.45, 7) is 3.47. The minimum Gasteiger partial charge on any atom is -0.373 e. The van der Waals surface area contributed by atoms with Crippen LogP contribution in [-0.4, -0.2) is 41.1 Å². The van der Waals surface area contributed by atoms with Crippen molar-refractivity contribution in [2.24, 2.45) is 5.92 Å². The minimum atomic E-state index is 0.0651. The molecule has 4 heterocycles. The predicted octanol–water partition coefficient (Wildman–Crippen LogP) is 2.44. The minimum absolute atomic E-state index is 0.0651. The van der Waals surface area contributed by atoms with E-state index in [1.165, 1.54) is 4.88 Å². The highest BCUT2D eigenvalue weighted by Crippen LogP contribution is 2.34. The normalized spacial score (nSPS) is 25.8. The van der Waals surface area contributed by atoms with Crippen LogP contribution in [-0.2, 0) is 22.6 Å². The monoisotopic (exact) mass is 357 g/mol. The number of hydrogen-bond donors (Lipinski definition) is 1. The van der Waals surface area contributed by atoms with E-state index in [-0.39, 0.29) is 18.1 Å². The molecule has 2 fully saturated rings. The van der Waals surface area contributed by atoms with Crippen molar-refractivity contribution < 1.29 is 9.53 Å². The van der Waals surface area contributed by atoms with E-state index < -0.39 is 0 Å². The number of likely N-dealkylation sites (tertiary alicyclic amines) is 1. The molecule has 5 nitrogen and oxygen atoms in total. The van der Waals surface area contributed by atoms with Crippen LogP contribution in [0.15, 0.2) is 41.9 Å². The second-order valence-electron chi connectivity index (χ2n) is 6.87. The van der Waals surface area contributed by atoms with Gasteiger partial charge < -0.3 is 10.1 Å². The van der Waals surface area contributed by atoms with Crippen molar-refractivity contribution in [2.45, 2.75) is 38.1 Å². The first-order valence-corrected chi connectivity index (χ1v) is 9.71. The van der Waals surface area contributed by atoms with Gasteiger partial charge in [0.15, 0.2) is 0 Å². The number of nitrogens with zero attached hydrogens (tertiary/aromatic N) is 2. The summed E-state index contributed by atoms with van der Waals surface area (Å²) >= 11 is 1.67. The molecule has 2 aliphatic heterocycles. The number of nitrogens with one attached hydrogen (secondary N) is 1. The lowest BCUT2D eigenvalue weighted by atomic mass is 10.0. The first-order valence-electron chi connectivity index (χ1n) is 8.83. The fourth-order valence-corrected chi connectivity index (χ4v) is 4.45. The molecule has 0 unspecified atom stereocenters. The van der Waals surface area contributed by atoms with Crippen LogP contribution in [0.4, 0.5) is 0 Å². The van der Waals surface area contributed by atoms with E-state index in [1.54, 1.807) is 11.3 Å². The van der Waals surface area contributed by atoms with E-state index in [1.807, 2.05) is 35.8 Å². The highest BCUT2D eigenvalue weighted by molar-refractivity contribution is 7.09. The summed E-state index contributed by atoms with van der Waals surface area (Å²) in [7, 11) is 0. The van der Waals surface area contributed by atoms with Gasteiger partial charge in [-0.15, -0.1) is 11.3 Å². The Morgan fingerprint density at radius 3 is 3.04 bits per heavy atom. The molecule has 3 atom stereocenters. The van der Waals surface area contributed by atoms with E-state index in [0.29, 0.717) is 18.9 Å². The molecule has 25 heavy (non-hydrogen) atoms. The van der Waals surface area contributed by atoms with Crippen molar-refractivity contribution in [2.75, 3.05) is 13.1 Å². The van der Waals surface area contributed by atoms with Gasteiger partial charge in [0.05, 0.1) is 30.9 Å². The molecule has 0 aliphatic carbocycles. The van der Waals surface area contributed by atoms with E-state index in [2.05, 4.69) is 21.3 Å². The van der Waals surface area contributed by atoms with Crippen LogP contribution in [0.1, 0.15) is 23.4 Å². The van der Waals surface area contributed by atoms with E-state index >= 15 is 0 Å². The summed E-state index contributed by atoms with van der Waals surface area (Å²) in [6, 6.07) is 10.1. The van der Waals surface area contributed by atoms with Crippen molar-refractivity contribution in [3.63, 3.8) is 0 Å². The van der Waals surface area contributed by atoms with E-state index in [4.69, 9.17) is 4.74 Å². The third kappa shape index (κ3) is 4.26. The van der Waals surface area contributed by atoms with Crippen molar-refractivity contribution in [3.05, 3.63) is 52.5 Å². The van der Waals surface area contributed by atoms with Crippen molar-refractivity contribution in [1.29, 1.82) is 0 Å². The average molecular weight is 357 g/mol. The Balaban J connectivity index is 1.20. The quantitative estimate of drug-likeness (QED) is 0.863. The average Bonchev–Trinajstić information content (AvgIpc) is 3.30. The third-order valence-electron chi connectivity index (χ3n) is 4.95. The van der Waals surface area contributed by atoms with Crippen molar-refractivity contribution in [1.82, 2.24) is 15.2 Å². The molecule has 6 heteroatoms. The summed E-state index contributed by atoms with van der Waals surface area (Å²) in [5, 5.41) is 5.02. The molecule has 0 saturated carbocycles. The molecule has 0 bridgehead atoms. The number of amides is 1. The number of thiophene rings is 1. The zero-order valence-corrected chi connectivity index (χ0v) is 15.0. The highest BCUT2D eigenvalue weighted by atomic mass is 32.1. The van der Waals surface area contributed by atoms with Gasteiger partial charge in [-0.2, -0.15) is 0 Å². The molecule has 4 rings (SSSR count). The van der Waals surface area contributed by atoms with Crippen LogP contribution >= 0.6 is 11.3 Å². The number of pyridine rings is 1. The Bertz CT molecular complexity index is 678. The predicted molar refractivity (Wildman–Crippen MR) is 97.1 cm³/mol. The number of rotatable bonds is 6. The molecule has 0 aromatic carbocycles. The first-order chi connectivity index (χ1) is 12.3. The van der Waals surface area contributed by atoms with Gasteiger partial charge in [-0.3, -0.25) is 14.7 Å². The summed E-state index contributed by atoms with van der Waals surface area (Å²) < 4.78 is 6.14. The number of carbonyl (C=O) groups excluding carboxylic acids is 1. The molecule has 2 aliphatic rings. The summed E-state index contributed by atoms with van der Waals surface area (Å²) in [5.41, 5.74) is 1.10. The lowest BCUT2D eigenvalue weighted by Gasteiger charge is -2.18. The van der Waals surface area contributed by atoms with E-state index in [9.17, 15) is 4.79 Å². The fourth-order valence-electron chi connectivity index (χ4n) is 3.81. The van der Waals surface area contributed by atoms with Crippen molar-refractivity contribution >= 4 is 17.2 Å². The number of fused-ring (bicyclic) bond motifs is 1. The van der Waals surface area contributed by atoms with Gasteiger partial charge >= 0.3 is 0 Å². The van der Waals surface area contributed by atoms with Crippen LogP contribution < -0.4 is 5.32 Å². The Labute approximate surface area is 152 Å². The number of carbonyl (C=O) groups is 1. The Morgan fingerprint density at radius 2 is 2.28 bits per heavy atom. The van der Waals surface area contributed by atoms with Crippen LogP contribution in [0.3, 0.4) is 0 Å². The fraction of sp³-hybridized carbons (Fsp3) is 0.474. The lowest BCUT2D eigenvalue weighted by molar-refractivity contribution is -0.123. The molecule has 1 N–H and O–H groups in total. The summed E-state index contributed by atoms with van der Waals surface area (Å²) in [5.74, 6) is 0.627. The topological polar surface area (TPSA) is 54.5 Å². The molecular weight excluding hydrogens is 334 g/mol. The molecule has 1 amide bonds. The second-order valence-corrected chi connectivity index (χ2v) is 7.90. The maximum atomic E-state index is 12.1. The van der Waals surface area contributed by atoms with Crippen LogP contribution in [0.25, 0.3) is 0 Å². The third-order valence-corrected chi connectivity index (χ3v) is 5.83. The molecule has 0 radical (unpaired) electrons. The Kier molecular flexibility index (Phi) is 5.10. The van der Waals surface area contributed by atoms with Crippen LogP contribution in [0.2, 0.25) is 0 Å². The summed E-state index contributed by atoms with van der Waals surface area (Å²) in [6.07, 6.45) is 3.62. The SMILES string of the molecule is O=C(C[C@@H]1C[C@H]2CN(Cc3ccccn3)C[C@H]2O1)NCc1cccs1. The molecule has 2 saturated heterocycles. The van der Waals surface area contributed by atoms with Gasteiger partial charge in [-0.25, -0.2) is 0 Å². The molecule has 2 aromatic heterocycles. The smallest absolute Gasteiger partial charge is 0.222 e. The van der Waals surface area contributed by atoms with Gasteiger partial charge in [0.25, 0.3) is 0 Å². The largest absolute Gasteiger partial charge is 0.373 e. The van der Waals surface area contributed by atoms with Crippen LogP contribution in [0.5, 0.6) is 0 Å². The maximum absolute atomic E-state index is 12.1.